The molecule has 0 aliphatic rings. The molecule has 0 aliphatic heterocycles. The van der Waals surface area contributed by atoms with Crippen molar-refractivity contribution < 1.29 is 13.3 Å². The minimum absolute atomic E-state index is 0.0508. The number of benzene rings is 1. The molecule has 0 spiro atoms. The van der Waals surface area contributed by atoms with Crippen LogP contribution in [0.3, 0.4) is 0 Å². The molecule has 1 aromatic heterocycles. The van der Waals surface area contributed by atoms with Gasteiger partial charge in [-0.15, -0.1) is 0 Å². The first-order valence-electron chi connectivity index (χ1n) is 5.64. The first-order chi connectivity index (χ1) is 9.38. The average molecular weight is 296 g/mol. The Balaban J connectivity index is 2.36. The van der Waals surface area contributed by atoms with Crippen LogP contribution >= 0.6 is 0 Å². The minimum Gasteiger partial charge on any atom is -0.383 e. The van der Waals surface area contributed by atoms with Gasteiger partial charge in [-0.3, -0.25) is 15.1 Å². The summed E-state index contributed by atoms with van der Waals surface area (Å²) in [6.07, 6.45) is 2.91. The zero-order chi connectivity index (χ0) is 14.8. The summed E-state index contributed by atoms with van der Waals surface area (Å²) in [5, 5.41) is 19.7. The number of hydrogen-bond donors (Lipinski definition) is 2. The lowest BCUT2D eigenvalue weighted by molar-refractivity contribution is -0.383. The smallest absolute Gasteiger partial charge is 0.278 e. The Kier molecular flexibility index (Phi) is 3.81. The number of nitrogens with two attached hydrogens (primary N) is 1. The Hall–Kier alpha value is -2.26. The number of anilines is 1. The van der Waals surface area contributed by atoms with Gasteiger partial charge in [0.05, 0.1) is 16.1 Å². The molecular formula is C11H12N4O4S. The number of pyridine rings is 1. The normalized spacial score (nSPS) is 11.4. The molecule has 3 N–H and O–H groups in total. The molecule has 1 aromatic carbocycles. The number of non-ortho nitro benzene ring substituents is 1. The summed E-state index contributed by atoms with van der Waals surface area (Å²) in [7, 11) is -3.55. The molecule has 106 valence electrons. The average Bonchev–Trinajstić information content (AvgIpc) is 2.37. The maximum atomic E-state index is 10.9. The molecule has 0 radical (unpaired) electrons. The molecule has 0 unspecified atom stereocenters. The van der Waals surface area contributed by atoms with E-state index in [9.17, 15) is 18.5 Å². The van der Waals surface area contributed by atoms with Gasteiger partial charge in [0.1, 0.15) is 0 Å². The van der Waals surface area contributed by atoms with Crippen molar-refractivity contribution in [1.29, 1.82) is 0 Å². The molecule has 0 amide bonds. The van der Waals surface area contributed by atoms with Crippen molar-refractivity contribution in [3.8, 4) is 0 Å². The van der Waals surface area contributed by atoms with Crippen molar-refractivity contribution in [2.75, 3.05) is 17.6 Å². The fourth-order valence-corrected chi connectivity index (χ4v) is 2.20. The lowest BCUT2D eigenvalue weighted by Crippen LogP contribution is -2.22. The first kappa shape index (κ1) is 14.2. The summed E-state index contributed by atoms with van der Waals surface area (Å²) in [4.78, 5) is 14.3. The van der Waals surface area contributed by atoms with Gasteiger partial charge in [0.25, 0.3) is 5.69 Å². The van der Waals surface area contributed by atoms with E-state index in [0.717, 1.165) is 0 Å². The standard InChI is InChI=1S/C11H12N4O4S/c12-20(18,19)6-5-14-10-1-2-11(15(16)17)9-7-13-4-3-8(9)10/h1-4,7,14H,5-6H2,(H2,12,18,19). The molecular weight excluding hydrogens is 284 g/mol. The van der Waals surface area contributed by atoms with Gasteiger partial charge in [-0.1, -0.05) is 0 Å². The lowest BCUT2D eigenvalue weighted by atomic mass is 10.1. The molecule has 0 aliphatic carbocycles. The number of fused-ring (bicyclic) bond motifs is 1. The maximum absolute atomic E-state index is 10.9. The molecule has 8 nitrogen and oxygen atoms in total. The third-order valence-corrected chi connectivity index (χ3v) is 3.47. The highest BCUT2D eigenvalue weighted by Gasteiger charge is 2.14. The van der Waals surface area contributed by atoms with E-state index in [1.807, 2.05) is 0 Å². The van der Waals surface area contributed by atoms with Crippen molar-refractivity contribution in [2.45, 2.75) is 0 Å². The van der Waals surface area contributed by atoms with Gasteiger partial charge in [0.15, 0.2) is 0 Å². The van der Waals surface area contributed by atoms with Crippen molar-refractivity contribution in [3.63, 3.8) is 0 Å². The first-order valence-corrected chi connectivity index (χ1v) is 7.35. The topological polar surface area (TPSA) is 128 Å². The van der Waals surface area contributed by atoms with Crippen LogP contribution in [0.4, 0.5) is 11.4 Å². The second-order valence-electron chi connectivity index (χ2n) is 4.10. The summed E-state index contributed by atoms with van der Waals surface area (Å²) in [6.45, 7) is 0.119. The van der Waals surface area contributed by atoms with E-state index < -0.39 is 14.9 Å². The third kappa shape index (κ3) is 3.19. The fraction of sp³-hybridized carbons (Fsp3) is 0.182. The van der Waals surface area contributed by atoms with Gasteiger partial charge in [0, 0.05) is 36.1 Å². The predicted octanol–water partition coefficient (Wildman–Crippen LogP) is 0.843. The van der Waals surface area contributed by atoms with Crippen LogP contribution in [0.2, 0.25) is 0 Å². The summed E-state index contributed by atoms with van der Waals surface area (Å²) < 4.78 is 21.7. The second kappa shape index (κ2) is 5.39. The number of primary sulfonamides is 1. The monoisotopic (exact) mass is 296 g/mol. The molecule has 0 bridgehead atoms. The largest absolute Gasteiger partial charge is 0.383 e. The van der Waals surface area contributed by atoms with Crippen LogP contribution in [0.15, 0.2) is 30.6 Å². The number of nitrogens with zero attached hydrogens (tertiary/aromatic N) is 2. The predicted molar refractivity (Wildman–Crippen MR) is 74.9 cm³/mol. The summed E-state index contributed by atoms with van der Waals surface area (Å²) in [5.74, 6) is -0.226. The second-order valence-corrected chi connectivity index (χ2v) is 5.84. The summed E-state index contributed by atoms with van der Waals surface area (Å²) in [6, 6.07) is 4.51. The van der Waals surface area contributed by atoms with Crippen LogP contribution in [0, 0.1) is 10.1 Å². The fourth-order valence-electron chi connectivity index (χ4n) is 1.82. The summed E-state index contributed by atoms with van der Waals surface area (Å²) >= 11 is 0. The van der Waals surface area contributed by atoms with Crippen LogP contribution < -0.4 is 10.5 Å². The highest BCUT2D eigenvalue weighted by atomic mass is 32.2. The number of nitrogens with one attached hydrogen (secondary N) is 1. The number of nitro benzene ring substituents is 1. The van der Waals surface area contributed by atoms with Gasteiger partial charge in [-0.05, 0) is 12.1 Å². The quantitative estimate of drug-likeness (QED) is 0.621. The van der Waals surface area contributed by atoms with Gasteiger partial charge in [0.2, 0.25) is 10.0 Å². The highest BCUT2D eigenvalue weighted by Crippen LogP contribution is 2.30. The lowest BCUT2D eigenvalue weighted by Gasteiger charge is -2.09. The van der Waals surface area contributed by atoms with Gasteiger partial charge in [-0.25, -0.2) is 13.6 Å². The Morgan fingerprint density at radius 3 is 2.70 bits per heavy atom. The molecule has 0 atom stereocenters. The SMILES string of the molecule is NS(=O)(=O)CCNc1ccc([N+](=O)[O-])c2cnccc12. The molecule has 0 fully saturated rings. The van der Waals surface area contributed by atoms with Crippen molar-refractivity contribution >= 4 is 32.2 Å². The Morgan fingerprint density at radius 2 is 2.05 bits per heavy atom. The Bertz CT molecular complexity index is 760. The van der Waals surface area contributed by atoms with Crippen LogP contribution in [0.5, 0.6) is 0 Å². The van der Waals surface area contributed by atoms with Gasteiger partial charge in [-0.2, -0.15) is 0 Å². The van der Waals surface area contributed by atoms with Crippen molar-refractivity contribution in [1.82, 2.24) is 4.98 Å². The minimum atomic E-state index is -3.55. The molecule has 2 rings (SSSR count). The number of nitro groups is 1. The Morgan fingerprint density at radius 1 is 1.30 bits per heavy atom. The van der Waals surface area contributed by atoms with E-state index in [1.165, 1.54) is 24.5 Å². The molecule has 0 saturated heterocycles. The molecule has 2 aromatic rings. The van der Waals surface area contributed by atoms with Crippen LogP contribution in [-0.4, -0.2) is 30.6 Å². The third-order valence-electron chi connectivity index (χ3n) is 2.69. The molecule has 0 saturated carbocycles. The van der Waals surface area contributed by atoms with Gasteiger partial charge >= 0.3 is 0 Å². The maximum Gasteiger partial charge on any atom is 0.278 e. The van der Waals surface area contributed by atoms with E-state index in [4.69, 9.17) is 5.14 Å². The number of aromatic nitrogens is 1. The van der Waals surface area contributed by atoms with Crippen LogP contribution in [0.1, 0.15) is 0 Å². The zero-order valence-electron chi connectivity index (χ0n) is 10.3. The number of hydrogen-bond acceptors (Lipinski definition) is 6. The van der Waals surface area contributed by atoms with E-state index in [-0.39, 0.29) is 18.0 Å². The van der Waals surface area contributed by atoms with E-state index in [2.05, 4.69) is 10.3 Å². The number of sulfonamides is 1. The van der Waals surface area contributed by atoms with Crippen LogP contribution in [0.25, 0.3) is 10.8 Å². The van der Waals surface area contributed by atoms with Crippen LogP contribution in [-0.2, 0) is 10.0 Å². The molecule has 20 heavy (non-hydrogen) atoms. The van der Waals surface area contributed by atoms with E-state index in [1.54, 1.807) is 6.07 Å². The van der Waals surface area contributed by atoms with Crippen molar-refractivity contribution in [3.05, 3.63) is 40.7 Å². The highest BCUT2D eigenvalue weighted by molar-refractivity contribution is 7.89. The van der Waals surface area contributed by atoms with Crippen molar-refractivity contribution in [2.24, 2.45) is 5.14 Å². The molecule has 9 heteroatoms. The Labute approximate surface area is 114 Å². The number of rotatable bonds is 5. The zero-order valence-corrected chi connectivity index (χ0v) is 11.1. The molecule has 1 heterocycles. The van der Waals surface area contributed by atoms with Gasteiger partial charge < -0.3 is 5.32 Å². The van der Waals surface area contributed by atoms with E-state index >= 15 is 0 Å². The summed E-state index contributed by atoms with van der Waals surface area (Å²) in [5.41, 5.74) is 0.543. The van der Waals surface area contributed by atoms with E-state index in [0.29, 0.717) is 16.5 Å².